The van der Waals surface area contributed by atoms with Crippen molar-refractivity contribution in [3.8, 4) is 0 Å². The number of aryl methyl sites for hydroxylation is 1. The van der Waals surface area contributed by atoms with Crippen molar-refractivity contribution < 1.29 is 14.3 Å². The molecule has 1 aliphatic rings. The first-order valence-corrected chi connectivity index (χ1v) is 9.00. The third kappa shape index (κ3) is 3.93. The highest BCUT2D eigenvalue weighted by molar-refractivity contribution is 7.11. The summed E-state index contributed by atoms with van der Waals surface area (Å²) in [4.78, 5) is 23.9. The largest absolute Gasteiger partial charge is 0.453 e. The number of hydrogen-bond donors (Lipinski definition) is 2. The molecular formula is C17H18ClN3O3S. The Kier molecular flexibility index (Phi) is 5.24. The van der Waals surface area contributed by atoms with E-state index in [0.29, 0.717) is 22.2 Å². The highest BCUT2D eigenvalue weighted by atomic mass is 35.5. The van der Waals surface area contributed by atoms with Gasteiger partial charge in [-0.25, -0.2) is 4.79 Å². The van der Waals surface area contributed by atoms with E-state index in [0.717, 1.165) is 29.4 Å². The number of ether oxygens (including phenoxy) is 1. The second-order valence-corrected chi connectivity index (χ2v) is 7.19. The Morgan fingerprint density at radius 3 is 2.60 bits per heavy atom. The van der Waals surface area contributed by atoms with Crippen molar-refractivity contribution in [2.45, 2.75) is 31.7 Å². The van der Waals surface area contributed by atoms with E-state index in [9.17, 15) is 9.59 Å². The van der Waals surface area contributed by atoms with Gasteiger partial charge in [0.05, 0.1) is 18.4 Å². The maximum atomic E-state index is 12.6. The molecule has 1 saturated carbocycles. The summed E-state index contributed by atoms with van der Waals surface area (Å²) in [6.45, 7) is 1.74. The van der Waals surface area contributed by atoms with Crippen LogP contribution < -0.4 is 10.6 Å². The number of anilines is 1. The highest BCUT2D eigenvalue weighted by Crippen LogP contribution is 2.37. The summed E-state index contributed by atoms with van der Waals surface area (Å²) in [5.41, 5.74) is 2.21. The number of methoxy groups -OCH3 is 1. The van der Waals surface area contributed by atoms with Crippen molar-refractivity contribution in [2.75, 3.05) is 12.4 Å². The Morgan fingerprint density at radius 1 is 1.28 bits per heavy atom. The second-order valence-electron chi connectivity index (χ2n) is 5.98. The molecule has 1 aromatic heterocycles. The Morgan fingerprint density at radius 2 is 1.96 bits per heavy atom. The van der Waals surface area contributed by atoms with Gasteiger partial charge in [-0.1, -0.05) is 23.7 Å². The first kappa shape index (κ1) is 17.7. The molecule has 1 heterocycles. The van der Waals surface area contributed by atoms with Crippen LogP contribution in [-0.2, 0) is 4.74 Å². The van der Waals surface area contributed by atoms with E-state index >= 15 is 0 Å². The second kappa shape index (κ2) is 7.41. The molecule has 0 atom stereocenters. The van der Waals surface area contributed by atoms with E-state index in [4.69, 9.17) is 11.6 Å². The molecule has 132 valence electrons. The van der Waals surface area contributed by atoms with Gasteiger partial charge in [-0.2, -0.15) is 4.37 Å². The van der Waals surface area contributed by atoms with E-state index in [-0.39, 0.29) is 11.9 Å². The standard InChI is InChI=1S/C17H18ClN3O3S/c1-9-14(16(25-21-9)20-17(23)24-2)15(22)19-13-7-11(8-13)10-3-5-12(18)6-4-10/h3-6,11,13H,7-8H2,1-2H3,(H,19,22)(H,20,23). The molecule has 2 amide bonds. The number of halogens is 1. The van der Waals surface area contributed by atoms with Gasteiger partial charge < -0.3 is 10.1 Å². The molecule has 2 aromatic rings. The topological polar surface area (TPSA) is 80.3 Å². The van der Waals surface area contributed by atoms with Crippen LogP contribution in [0.3, 0.4) is 0 Å². The number of amides is 2. The van der Waals surface area contributed by atoms with Gasteiger partial charge in [0.2, 0.25) is 0 Å². The molecular weight excluding hydrogens is 362 g/mol. The smallest absolute Gasteiger partial charge is 0.412 e. The number of hydrogen-bond acceptors (Lipinski definition) is 5. The van der Waals surface area contributed by atoms with E-state index in [2.05, 4.69) is 19.7 Å². The van der Waals surface area contributed by atoms with Crippen LogP contribution >= 0.6 is 23.1 Å². The van der Waals surface area contributed by atoms with Crippen LogP contribution in [0.1, 0.15) is 40.4 Å². The summed E-state index contributed by atoms with van der Waals surface area (Å²) in [5.74, 6) is 0.203. The molecule has 1 aromatic carbocycles. The van der Waals surface area contributed by atoms with Gasteiger partial charge in [-0.05, 0) is 54.9 Å². The fraction of sp³-hybridized carbons (Fsp3) is 0.353. The Balaban J connectivity index is 1.60. The first-order valence-electron chi connectivity index (χ1n) is 7.85. The molecule has 6 nitrogen and oxygen atoms in total. The molecule has 25 heavy (non-hydrogen) atoms. The summed E-state index contributed by atoms with van der Waals surface area (Å²) in [6.07, 6.45) is 1.14. The van der Waals surface area contributed by atoms with E-state index in [1.807, 2.05) is 24.3 Å². The lowest BCUT2D eigenvalue weighted by molar-refractivity contribution is 0.0909. The maximum Gasteiger partial charge on any atom is 0.412 e. The van der Waals surface area contributed by atoms with Gasteiger partial charge in [0.15, 0.2) is 0 Å². The van der Waals surface area contributed by atoms with Crippen molar-refractivity contribution in [1.29, 1.82) is 0 Å². The number of benzene rings is 1. The fourth-order valence-corrected chi connectivity index (χ4v) is 3.77. The summed E-state index contributed by atoms with van der Waals surface area (Å²) in [7, 11) is 1.27. The molecule has 0 bridgehead atoms. The SMILES string of the molecule is COC(=O)Nc1snc(C)c1C(=O)NC1CC(c2ccc(Cl)cc2)C1. The summed E-state index contributed by atoms with van der Waals surface area (Å²) in [6, 6.07) is 7.92. The van der Waals surface area contributed by atoms with Crippen LogP contribution in [0.4, 0.5) is 9.80 Å². The van der Waals surface area contributed by atoms with Gasteiger partial charge in [0, 0.05) is 11.1 Å². The number of nitrogens with zero attached hydrogens (tertiary/aromatic N) is 1. The number of nitrogens with one attached hydrogen (secondary N) is 2. The molecule has 0 aliphatic heterocycles. The quantitative estimate of drug-likeness (QED) is 0.842. The van der Waals surface area contributed by atoms with Crippen molar-refractivity contribution in [3.05, 3.63) is 46.1 Å². The number of rotatable bonds is 4. The average Bonchev–Trinajstić information content (AvgIpc) is 2.92. The molecule has 1 aliphatic carbocycles. The third-order valence-electron chi connectivity index (χ3n) is 4.31. The minimum absolute atomic E-state index is 0.110. The summed E-state index contributed by atoms with van der Waals surface area (Å²) < 4.78 is 8.72. The molecule has 0 spiro atoms. The van der Waals surface area contributed by atoms with E-state index in [1.165, 1.54) is 12.7 Å². The van der Waals surface area contributed by atoms with Crippen LogP contribution in [-0.4, -0.2) is 29.5 Å². The van der Waals surface area contributed by atoms with Gasteiger partial charge in [-0.3, -0.25) is 10.1 Å². The van der Waals surface area contributed by atoms with Crippen molar-refractivity contribution in [1.82, 2.24) is 9.69 Å². The Labute approximate surface area is 154 Å². The minimum Gasteiger partial charge on any atom is -0.453 e. The van der Waals surface area contributed by atoms with Crippen LogP contribution in [0.2, 0.25) is 5.02 Å². The molecule has 0 saturated heterocycles. The normalized spacial score (nSPS) is 19.0. The Hall–Kier alpha value is -2.12. The molecule has 0 unspecified atom stereocenters. The molecule has 1 fully saturated rings. The average molecular weight is 380 g/mol. The highest BCUT2D eigenvalue weighted by Gasteiger charge is 2.32. The van der Waals surface area contributed by atoms with Crippen LogP contribution in [0.15, 0.2) is 24.3 Å². The van der Waals surface area contributed by atoms with Gasteiger partial charge in [-0.15, -0.1) is 0 Å². The zero-order chi connectivity index (χ0) is 18.0. The first-order chi connectivity index (χ1) is 12.0. The van der Waals surface area contributed by atoms with Gasteiger partial charge in [0.1, 0.15) is 5.00 Å². The lowest BCUT2D eigenvalue weighted by atomic mass is 9.76. The van der Waals surface area contributed by atoms with Crippen molar-refractivity contribution in [2.24, 2.45) is 0 Å². The summed E-state index contributed by atoms with van der Waals surface area (Å²) >= 11 is 6.97. The van der Waals surface area contributed by atoms with Crippen LogP contribution in [0, 0.1) is 6.92 Å². The number of carbonyl (C=O) groups is 2. The zero-order valence-electron chi connectivity index (χ0n) is 13.8. The van der Waals surface area contributed by atoms with E-state index < -0.39 is 6.09 Å². The third-order valence-corrected chi connectivity index (χ3v) is 5.41. The predicted octanol–water partition coefficient (Wildman–Crippen LogP) is 3.96. The lowest BCUT2D eigenvalue weighted by Gasteiger charge is -2.36. The monoisotopic (exact) mass is 379 g/mol. The Bertz CT molecular complexity index is 785. The van der Waals surface area contributed by atoms with Crippen LogP contribution in [0.25, 0.3) is 0 Å². The fourth-order valence-electron chi connectivity index (χ4n) is 2.87. The summed E-state index contributed by atoms with van der Waals surface area (Å²) in [5, 5.41) is 6.66. The lowest BCUT2D eigenvalue weighted by Crippen LogP contribution is -2.43. The molecule has 8 heteroatoms. The van der Waals surface area contributed by atoms with Crippen molar-refractivity contribution >= 4 is 40.1 Å². The van der Waals surface area contributed by atoms with Gasteiger partial charge >= 0.3 is 6.09 Å². The molecule has 3 rings (SSSR count). The zero-order valence-corrected chi connectivity index (χ0v) is 15.4. The van der Waals surface area contributed by atoms with Gasteiger partial charge in [0.25, 0.3) is 5.91 Å². The van der Waals surface area contributed by atoms with Crippen molar-refractivity contribution in [3.63, 3.8) is 0 Å². The molecule has 0 radical (unpaired) electrons. The maximum absolute atomic E-state index is 12.6. The van der Waals surface area contributed by atoms with E-state index in [1.54, 1.807) is 6.92 Å². The number of aromatic nitrogens is 1. The number of carbonyl (C=O) groups excluding carboxylic acids is 2. The predicted molar refractivity (Wildman–Crippen MR) is 97.6 cm³/mol. The minimum atomic E-state index is -0.621. The molecule has 2 N–H and O–H groups in total. The van der Waals surface area contributed by atoms with Crippen LogP contribution in [0.5, 0.6) is 0 Å².